The van der Waals surface area contributed by atoms with Crippen LogP contribution in [0.1, 0.15) is 56.9 Å². The first-order valence-electron chi connectivity index (χ1n) is 19.5. The highest BCUT2D eigenvalue weighted by Crippen LogP contribution is 2.68. The zero-order chi connectivity index (χ0) is 38.3. The third-order valence-corrected chi connectivity index (χ3v) is 13.6. The van der Waals surface area contributed by atoms with E-state index < -0.39 is 42.7 Å². The molecule has 2 saturated heterocycles. The topological polar surface area (TPSA) is 36.9 Å². The fraction of sp³-hybridized carbons (Fsp3) is 0.216. The lowest BCUT2D eigenvalue weighted by Crippen LogP contribution is -2.53. The first-order chi connectivity index (χ1) is 27.0. The molecule has 0 bridgehead atoms. The van der Waals surface area contributed by atoms with E-state index in [2.05, 4.69) is 191 Å². The van der Waals surface area contributed by atoms with Gasteiger partial charge in [-0.3, -0.25) is 0 Å². The van der Waals surface area contributed by atoms with E-state index in [4.69, 9.17) is 18.5 Å². The largest absolute Gasteiger partial charge is 0.341 e. The zero-order valence-corrected chi connectivity index (χ0v) is 33.3. The molecule has 4 nitrogen and oxygen atoms in total. The molecule has 5 heteroatoms. The van der Waals surface area contributed by atoms with Gasteiger partial charge in [-0.15, -0.1) is 0 Å². The van der Waals surface area contributed by atoms with Gasteiger partial charge in [-0.05, 0) is 103 Å². The lowest BCUT2D eigenvalue weighted by atomic mass is 9.71. The summed E-state index contributed by atoms with van der Waals surface area (Å²) in [4.78, 5) is 0. The lowest BCUT2D eigenvalue weighted by molar-refractivity contribution is -0.174. The van der Waals surface area contributed by atoms with Gasteiger partial charge in [0.1, 0.15) is 12.2 Å². The van der Waals surface area contributed by atoms with Crippen molar-refractivity contribution in [2.24, 2.45) is 0 Å². The molecule has 10 rings (SSSR count). The molecule has 2 heterocycles. The molecule has 0 radical (unpaired) electrons. The summed E-state index contributed by atoms with van der Waals surface area (Å²) >= 11 is 0. The van der Waals surface area contributed by atoms with E-state index in [9.17, 15) is 0 Å². The van der Waals surface area contributed by atoms with Crippen LogP contribution in [-0.4, -0.2) is 23.2 Å². The van der Waals surface area contributed by atoms with Crippen LogP contribution >= 0.6 is 8.38 Å². The predicted molar refractivity (Wildman–Crippen MR) is 230 cm³/mol. The quantitative estimate of drug-likeness (QED) is 0.168. The smallest absolute Gasteiger partial charge is 0.178 e. The van der Waals surface area contributed by atoms with Crippen LogP contribution in [0.3, 0.4) is 0 Å². The van der Waals surface area contributed by atoms with Crippen LogP contribution in [0, 0.1) is 0 Å². The highest BCUT2D eigenvalue weighted by atomic mass is 31.2. The van der Waals surface area contributed by atoms with Crippen molar-refractivity contribution >= 4 is 51.5 Å². The Morgan fingerprint density at radius 1 is 0.393 bits per heavy atom. The monoisotopic (exact) mass is 752 g/mol. The normalized spacial score (nSPS) is 20.7. The molecular formula is C51H45O4P. The number of ether oxygens (including phenoxy) is 2. The van der Waals surface area contributed by atoms with Crippen LogP contribution in [0.2, 0.25) is 0 Å². The van der Waals surface area contributed by atoms with E-state index >= 15 is 0 Å². The van der Waals surface area contributed by atoms with Crippen molar-refractivity contribution in [3.05, 3.63) is 192 Å². The Bertz CT molecular complexity index is 2440. The second kappa shape index (κ2) is 13.1. The van der Waals surface area contributed by atoms with Crippen molar-refractivity contribution in [1.29, 1.82) is 0 Å². The number of hydrogen-bond acceptors (Lipinski definition) is 4. The Balaban J connectivity index is 1.34. The van der Waals surface area contributed by atoms with Gasteiger partial charge >= 0.3 is 0 Å². The van der Waals surface area contributed by atoms with Crippen molar-refractivity contribution in [1.82, 2.24) is 0 Å². The van der Waals surface area contributed by atoms with E-state index in [0.717, 1.165) is 65.3 Å². The minimum absolute atomic E-state index is 0.429. The molecule has 0 aromatic heterocycles. The summed E-state index contributed by atoms with van der Waals surface area (Å²) in [6.07, 6.45) is -1.32. The molecule has 0 unspecified atom stereocenters. The predicted octanol–water partition coefficient (Wildman–Crippen LogP) is 13.2. The maximum atomic E-state index is 7.95. The van der Waals surface area contributed by atoms with Crippen molar-refractivity contribution in [3.63, 3.8) is 0 Å². The highest BCUT2D eigenvalue weighted by molar-refractivity contribution is 7.49. The maximum Gasteiger partial charge on any atom is 0.178 e. The molecule has 2 aliphatic heterocycles. The first-order valence-corrected chi connectivity index (χ1v) is 20.7. The second-order valence-electron chi connectivity index (χ2n) is 16.8. The second-order valence-corrected chi connectivity index (χ2v) is 19.0. The zero-order valence-electron chi connectivity index (χ0n) is 32.4. The number of hydrogen-bond donors (Lipinski definition) is 0. The first kappa shape index (κ1) is 35.5. The minimum atomic E-state index is -1.70. The van der Waals surface area contributed by atoms with Crippen LogP contribution in [0.5, 0.6) is 0 Å². The van der Waals surface area contributed by atoms with Crippen molar-refractivity contribution in [2.75, 3.05) is 0 Å². The Kier molecular flexibility index (Phi) is 8.28. The van der Waals surface area contributed by atoms with Gasteiger partial charge < -0.3 is 18.5 Å². The summed E-state index contributed by atoms with van der Waals surface area (Å²) in [5.74, 6) is -0.984. The molecule has 8 aromatic rings. The standard InChI is InChI=1S/C51H45O4P/c1-48(2,3)56-54-50(42-26-22-34-14-6-10-18-38(34)30-42,43-27-23-35-15-7-11-19-39(35)31-43)46-47(53-49(4,5)52-46)51(55-56,44-28-24-36-16-8-12-20-40(36)32-44)45-29-25-37-17-9-13-21-41(37)33-45/h6-33,46-47H,1-5H3/t46-,47-/m1/s1. The Labute approximate surface area is 329 Å². The molecule has 8 aromatic carbocycles. The van der Waals surface area contributed by atoms with Gasteiger partial charge in [-0.25, -0.2) is 0 Å². The van der Waals surface area contributed by atoms with Gasteiger partial charge in [0, 0.05) is 5.16 Å². The number of benzene rings is 8. The number of fused-ring (bicyclic) bond motifs is 5. The highest BCUT2D eigenvalue weighted by Gasteiger charge is 2.67. The van der Waals surface area contributed by atoms with Crippen LogP contribution in [0.25, 0.3) is 43.1 Å². The molecular weight excluding hydrogens is 708 g/mol. The van der Waals surface area contributed by atoms with Crippen LogP contribution < -0.4 is 0 Å². The Hall–Kier alpha value is -4.93. The molecule has 2 aliphatic rings. The lowest BCUT2D eigenvalue weighted by Gasteiger charge is -2.42. The van der Waals surface area contributed by atoms with E-state index in [-0.39, 0.29) is 0 Å². The van der Waals surface area contributed by atoms with Crippen molar-refractivity contribution in [3.8, 4) is 0 Å². The summed E-state index contributed by atoms with van der Waals surface area (Å²) in [7, 11) is -1.70. The maximum absolute atomic E-state index is 7.95. The molecule has 0 N–H and O–H groups in total. The fourth-order valence-electron chi connectivity index (χ4n) is 8.90. The van der Waals surface area contributed by atoms with E-state index in [1.54, 1.807) is 0 Å². The van der Waals surface area contributed by atoms with Gasteiger partial charge in [0.25, 0.3) is 0 Å². The van der Waals surface area contributed by atoms with E-state index in [0.29, 0.717) is 0 Å². The van der Waals surface area contributed by atoms with Crippen LogP contribution in [0.4, 0.5) is 0 Å². The molecule has 0 saturated carbocycles. The van der Waals surface area contributed by atoms with Gasteiger partial charge in [-0.1, -0.05) is 166 Å². The van der Waals surface area contributed by atoms with E-state index in [1.165, 1.54) is 0 Å². The summed E-state index contributed by atoms with van der Waals surface area (Å²) in [6.45, 7) is 10.7. The molecule has 278 valence electrons. The van der Waals surface area contributed by atoms with Crippen molar-refractivity contribution < 1.29 is 18.5 Å². The summed E-state index contributed by atoms with van der Waals surface area (Å²) in [6, 6.07) is 60.9. The Morgan fingerprint density at radius 3 is 0.929 bits per heavy atom. The molecule has 56 heavy (non-hydrogen) atoms. The SMILES string of the molecule is CC1(C)O[C@@H]2[C@@H](O1)C(c1ccc3ccccc3c1)(c1ccc3ccccc3c1)OP(C(C)(C)C)OC2(c1ccc2ccccc2c1)c1ccc2ccccc2c1. The van der Waals surface area contributed by atoms with Crippen LogP contribution in [0.15, 0.2) is 170 Å². The van der Waals surface area contributed by atoms with E-state index in [1.807, 2.05) is 13.8 Å². The molecule has 0 spiro atoms. The molecule has 2 atom stereocenters. The molecule has 0 aliphatic carbocycles. The minimum Gasteiger partial charge on any atom is -0.341 e. The van der Waals surface area contributed by atoms with Gasteiger partial charge in [0.05, 0.1) is 0 Å². The summed E-state index contributed by atoms with van der Waals surface area (Å²) < 4.78 is 30.7. The van der Waals surface area contributed by atoms with Crippen LogP contribution in [-0.2, 0) is 29.7 Å². The number of rotatable bonds is 4. The van der Waals surface area contributed by atoms with Gasteiger partial charge in [0.2, 0.25) is 0 Å². The van der Waals surface area contributed by atoms with Gasteiger partial charge in [-0.2, -0.15) is 0 Å². The Morgan fingerprint density at radius 2 is 0.661 bits per heavy atom. The third kappa shape index (κ3) is 5.70. The summed E-state index contributed by atoms with van der Waals surface area (Å²) in [5, 5.41) is 8.73. The van der Waals surface area contributed by atoms with Gasteiger partial charge in [0.15, 0.2) is 25.4 Å². The average Bonchev–Trinajstić information content (AvgIpc) is 3.49. The fourth-order valence-corrected chi connectivity index (χ4v) is 10.6. The molecule has 0 amide bonds. The molecule has 2 fully saturated rings. The average molecular weight is 753 g/mol. The van der Waals surface area contributed by atoms with Crippen molar-refractivity contribution in [2.45, 2.75) is 69.0 Å². The summed E-state index contributed by atoms with van der Waals surface area (Å²) in [5.41, 5.74) is 1.68. The third-order valence-electron chi connectivity index (χ3n) is 11.6.